The minimum Gasteiger partial charge on any atom is -0.331 e. The van der Waals surface area contributed by atoms with E-state index in [4.69, 9.17) is 0 Å². The predicted molar refractivity (Wildman–Crippen MR) is 123 cm³/mol. The van der Waals surface area contributed by atoms with Crippen LogP contribution in [0.5, 0.6) is 0 Å². The molecule has 1 aliphatic rings. The van der Waals surface area contributed by atoms with Crippen molar-refractivity contribution in [3.8, 4) is 11.8 Å². The first-order valence-corrected chi connectivity index (χ1v) is 10.2. The van der Waals surface area contributed by atoms with Gasteiger partial charge in [-0.3, -0.25) is 4.79 Å². The van der Waals surface area contributed by atoms with E-state index in [1.807, 2.05) is 79.7 Å². The van der Waals surface area contributed by atoms with Gasteiger partial charge in [0.25, 0.3) is 0 Å². The second-order valence-electron chi connectivity index (χ2n) is 7.48. The Morgan fingerprint density at radius 1 is 0.935 bits per heavy atom. The fourth-order valence-electron chi connectivity index (χ4n) is 3.46. The summed E-state index contributed by atoms with van der Waals surface area (Å²) < 4.78 is 0. The third kappa shape index (κ3) is 5.31. The Bertz CT molecular complexity index is 1180. The molecule has 0 spiro atoms. The Morgan fingerprint density at radius 3 is 2.55 bits per heavy atom. The zero-order valence-corrected chi connectivity index (χ0v) is 17.2. The first kappa shape index (κ1) is 20.2. The molecule has 0 radical (unpaired) electrons. The topological polar surface area (TPSA) is 70.2 Å². The normalized spacial score (nSPS) is 13.1. The van der Waals surface area contributed by atoms with Gasteiger partial charge in [0, 0.05) is 28.9 Å². The van der Waals surface area contributed by atoms with E-state index >= 15 is 0 Å². The Kier molecular flexibility index (Phi) is 6.00. The lowest BCUT2D eigenvalue weighted by atomic mass is 9.98. The highest BCUT2D eigenvalue weighted by atomic mass is 16.2. The van der Waals surface area contributed by atoms with Gasteiger partial charge in [-0.2, -0.15) is 0 Å². The standard InChI is InChI=1S/C26H23N3O2/c1-18(21-12-14-24-22(17-21)13-15-25(30)29-24)27-26(31)28-23-9-5-8-20(16-23)11-10-19-6-3-2-4-7-19/h2-9,12,14,16-18H,13,15H2,1H3,(H,29,30)(H2,27,28,31). The molecule has 0 fully saturated rings. The van der Waals surface area contributed by atoms with Crippen LogP contribution in [0.25, 0.3) is 0 Å². The fraction of sp³-hybridized carbons (Fsp3) is 0.154. The highest BCUT2D eigenvalue weighted by Gasteiger charge is 2.17. The number of fused-ring (bicyclic) bond motifs is 1. The Hall–Kier alpha value is -4.04. The number of aryl methyl sites for hydroxylation is 1. The largest absolute Gasteiger partial charge is 0.331 e. The summed E-state index contributed by atoms with van der Waals surface area (Å²) in [5.41, 5.74) is 5.38. The highest BCUT2D eigenvalue weighted by molar-refractivity contribution is 5.94. The monoisotopic (exact) mass is 409 g/mol. The molecule has 4 rings (SSSR count). The van der Waals surface area contributed by atoms with Gasteiger partial charge >= 0.3 is 6.03 Å². The van der Waals surface area contributed by atoms with E-state index in [2.05, 4.69) is 27.8 Å². The van der Waals surface area contributed by atoms with Crippen molar-refractivity contribution in [1.82, 2.24) is 5.32 Å². The summed E-state index contributed by atoms with van der Waals surface area (Å²) in [6, 6.07) is 22.6. The van der Waals surface area contributed by atoms with Gasteiger partial charge in [-0.05, 0) is 60.9 Å². The molecule has 0 bridgehead atoms. The van der Waals surface area contributed by atoms with Crippen molar-refractivity contribution in [2.24, 2.45) is 0 Å². The maximum Gasteiger partial charge on any atom is 0.319 e. The SMILES string of the molecule is CC(NC(=O)Nc1cccc(C#Cc2ccccc2)c1)c1ccc2c(c1)CCC(=O)N2. The first-order valence-electron chi connectivity index (χ1n) is 10.2. The van der Waals surface area contributed by atoms with Crippen LogP contribution in [0.15, 0.2) is 72.8 Å². The summed E-state index contributed by atoms with van der Waals surface area (Å²) in [6.45, 7) is 1.93. The average Bonchev–Trinajstić information content (AvgIpc) is 2.78. The molecule has 0 saturated carbocycles. The Morgan fingerprint density at radius 2 is 1.71 bits per heavy atom. The van der Waals surface area contributed by atoms with Crippen LogP contribution in [-0.2, 0) is 11.2 Å². The van der Waals surface area contributed by atoms with Crippen LogP contribution < -0.4 is 16.0 Å². The number of anilines is 2. The maximum atomic E-state index is 12.5. The van der Waals surface area contributed by atoms with Crippen LogP contribution in [0.3, 0.4) is 0 Å². The molecule has 0 aliphatic carbocycles. The lowest BCUT2D eigenvalue weighted by Gasteiger charge is -2.20. The van der Waals surface area contributed by atoms with Gasteiger partial charge in [0.05, 0.1) is 6.04 Å². The van der Waals surface area contributed by atoms with Gasteiger partial charge in [0.2, 0.25) is 5.91 Å². The number of benzene rings is 3. The molecule has 5 nitrogen and oxygen atoms in total. The summed E-state index contributed by atoms with van der Waals surface area (Å²) in [5, 5.41) is 8.71. The summed E-state index contributed by atoms with van der Waals surface area (Å²) in [7, 11) is 0. The van der Waals surface area contributed by atoms with Crippen molar-refractivity contribution in [3.63, 3.8) is 0 Å². The van der Waals surface area contributed by atoms with Crippen molar-refractivity contribution in [2.75, 3.05) is 10.6 Å². The number of amides is 3. The molecule has 3 amide bonds. The molecular formula is C26H23N3O2. The molecule has 1 unspecified atom stereocenters. The van der Waals surface area contributed by atoms with E-state index in [0.29, 0.717) is 18.5 Å². The number of hydrogen-bond donors (Lipinski definition) is 3. The van der Waals surface area contributed by atoms with Crippen LogP contribution in [0.2, 0.25) is 0 Å². The molecule has 1 heterocycles. The fourth-order valence-corrected chi connectivity index (χ4v) is 3.46. The predicted octanol–water partition coefficient (Wildman–Crippen LogP) is 4.85. The Balaban J connectivity index is 1.39. The van der Waals surface area contributed by atoms with Crippen LogP contribution in [-0.4, -0.2) is 11.9 Å². The third-order valence-corrected chi connectivity index (χ3v) is 5.12. The number of urea groups is 1. The molecule has 31 heavy (non-hydrogen) atoms. The quantitative estimate of drug-likeness (QED) is 0.541. The highest BCUT2D eigenvalue weighted by Crippen LogP contribution is 2.26. The first-order chi connectivity index (χ1) is 15.1. The minimum atomic E-state index is -0.285. The number of carbonyl (C=O) groups excluding carboxylic acids is 2. The van der Waals surface area contributed by atoms with E-state index in [0.717, 1.165) is 27.9 Å². The van der Waals surface area contributed by atoms with E-state index in [1.54, 1.807) is 0 Å². The molecule has 0 saturated heterocycles. The molecule has 3 aromatic rings. The summed E-state index contributed by atoms with van der Waals surface area (Å²) in [4.78, 5) is 24.0. The van der Waals surface area contributed by atoms with Gasteiger partial charge in [-0.1, -0.05) is 48.2 Å². The van der Waals surface area contributed by atoms with Crippen molar-refractivity contribution in [2.45, 2.75) is 25.8 Å². The van der Waals surface area contributed by atoms with Crippen molar-refractivity contribution in [1.29, 1.82) is 0 Å². The lowest BCUT2D eigenvalue weighted by molar-refractivity contribution is -0.116. The molecule has 1 atom stereocenters. The van der Waals surface area contributed by atoms with E-state index < -0.39 is 0 Å². The number of nitrogens with one attached hydrogen (secondary N) is 3. The summed E-state index contributed by atoms with van der Waals surface area (Å²) in [6.07, 6.45) is 1.20. The van der Waals surface area contributed by atoms with Crippen molar-refractivity contribution in [3.05, 3.63) is 95.1 Å². The van der Waals surface area contributed by atoms with Crippen LogP contribution in [0.1, 0.15) is 41.6 Å². The Labute approximate surface area is 181 Å². The molecule has 1 aliphatic heterocycles. The van der Waals surface area contributed by atoms with Crippen molar-refractivity contribution >= 4 is 23.3 Å². The van der Waals surface area contributed by atoms with Gasteiger partial charge < -0.3 is 16.0 Å². The second kappa shape index (κ2) is 9.19. The second-order valence-corrected chi connectivity index (χ2v) is 7.48. The minimum absolute atomic E-state index is 0.0430. The number of hydrogen-bond acceptors (Lipinski definition) is 2. The summed E-state index contributed by atoms with van der Waals surface area (Å²) in [5.74, 6) is 6.28. The van der Waals surface area contributed by atoms with Gasteiger partial charge in [0.15, 0.2) is 0 Å². The molecule has 3 aromatic carbocycles. The van der Waals surface area contributed by atoms with Gasteiger partial charge in [-0.25, -0.2) is 4.79 Å². The van der Waals surface area contributed by atoms with E-state index in [9.17, 15) is 9.59 Å². The molecule has 0 aromatic heterocycles. The molecule has 5 heteroatoms. The van der Waals surface area contributed by atoms with Gasteiger partial charge in [-0.15, -0.1) is 0 Å². The maximum absolute atomic E-state index is 12.5. The molecule has 154 valence electrons. The number of rotatable bonds is 3. The zero-order valence-electron chi connectivity index (χ0n) is 17.2. The van der Waals surface area contributed by atoms with E-state index in [1.165, 1.54) is 0 Å². The zero-order chi connectivity index (χ0) is 21.6. The van der Waals surface area contributed by atoms with Crippen LogP contribution in [0, 0.1) is 11.8 Å². The number of carbonyl (C=O) groups is 2. The van der Waals surface area contributed by atoms with Crippen LogP contribution >= 0.6 is 0 Å². The van der Waals surface area contributed by atoms with E-state index in [-0.39, 0.29) is 18.0 Å². The smallest absolute Gasteiger partial charge is 0.319 e. The van der Waals surface area contributed by atoms with Gasteiger partial charge in [0.1, 0.15) is 0 Å². The van der Waals surface area contributed by atoms with Crippen LogP contribution in [0.4, 0.5) is 16.2 Å². The van der Waals surface area contributed by atoms with Crippen molar-refractivity contribution < 1.29 is 9.59 Å². The third-order valence-electron chi connectivity index (χ3n) is 5.12. The molecular weight excluding hydrogens is 386 g/mol. The summed E-state index contributed by atoms with van der Waals surface area (Å²) >= 11 is 0. The molecule has 3 N–H and O–H groups in total. The average molecular weight is 409 g/mol. The lowest BCUT2D eigenvalue weighted by Crippen LogP contribution is -2.31.